The van der Waals surface area contributed by atoms with Crippen molar-refractivity contribution < 1.29 is 4.79 Å². The standard InChI is InChI=1S/C21H26N6O2/c1-24-9-11-26(12-10-24)14-17-5-3-16(4-6-17)13-25(2)20(28)18-7-8-19-22-23-21(29)27(19)15-18/h3-8,15H,9-14H2,1-2H3,(H,23,29). The van der Waals surface area contributed by atoms with Crippen LogP contribution >= 0.6 is 0 Å². The summed E-state index contributed by atoms with van der Waals surface area (Å²) in [6.45, 7) is 5.89. The van der Waals surface area contributed by atoms with Gasteiger partial charge in [-0.25, -0.2) is 14.3 Å². The topological polar surface area (TPSA) is 76.9 Å². The molecule has 3 aromatic rings. The maximum atomic E-state index is 12.8. The summed E-state index contributed by atoms with van der Waals surface area (Å²) in [4.78, 5) is 31.0. The van der Waals surface area contributed by atoms with Crippen LogP contribution in [0.5, 0.6) is 0 Å². The first-order valence-electron chi connectivity index (χ1n) is 9.80. The second-order valence-corrected chi connectivity index (χ2v) is 7.73. The Labute approximate surface area is 169 Å². The first kappa shape index (κ1) is 19.4. The van der Waals surface area contributed by atoms with E-state index < -0.39 is 0 Å². The van der Waals surface area contributed by atoms with E-state index in [0.717, 1.165) is 38.3 Å². The number of likely N-dealkylation sites (N-methyl/N-ethyl adjacent to an activating group) is 1. The highest BCUT2D eigenvalue weighted by Crippen LogP contribution is 2.13. The van der Waals surface area contributed by atoms with Crippen LogP contribution in [-0.2, 0) is 13.1 Å². The second-order valence-electron chi connectivity index (χ2n) is 7.73. The Morgan fingerprint density at radius 1 is 1.07 bits per heavy atom. The summed E-state index contributed by atoms with van der Waals surface area (Å²) in [5, 5.41) is 6.25. The first-order chi connectivity index (χ1) is 14.0. The first-order valence-corrected chi connectivity index (χ1v) is 9.80. The molecule has 0 atom stereocenters. The molecule has 8 nitrogen and oxygen atoms in total. The maximum absolute atomic E-state index is 12.8. The van der Waals surface area contributed by atoms with Gasteiger partial charge in [0.25, 0.3) is 5.91 Å². The van der Waals surface area contributed by atoms with Crippen LogP contribution in [0.2, 0.25) is 0 Å². The predicted octanol–water partition coefficient (Wildman–Crippen LogP) is 1.04. The number of hydrogen-bond donors (Lipinski definition) is 1. The number of benzene rings is 1. The highest BCUT2D eigenvalue weighted by Gasteiger charge is 2.15. The smallest absolute Gasteiger partial charge is 0.337 e. The van der Waals surface area contributed by atoms with Gasteiger partial charge in [0, 0.05) is 52.5 Å². The minimum absolute atomic E-state index is 0.137. The van der Waals surface area contributed by atoms with Crippen molar-refractivity contribution in [1.29, 1.82) is 0 Å². The molecule has 1 amide bonds. The van der Waals surface area contributed by atoms with Crippen molar-refractivity contribution in [2.75, 3.05) is 40.3 Å². The van der Waals surface area contributed by atoms with E-state index in [-0.39, 0.29) is 11.6 Å². The molecule has 0 radical (unpaired) electrons. The van der Waals surface area contributed by atoms with E-state index in [1.54, 1.807) is 24.1 Å². The number of H-pyrrole nitrogens is 1. The average molecular weight is 394 g/mol. The van der Waals surface area contributed by atoms with E-state index in [9.17, 15) is 9.59 Å². The van der Waals surface area contributed by atoms with Crippen LogP contribution in [0, 0.1) is 0 Å². The summed E-state index contributed by atoms with van der Waals surface area (Å²) in [5.41, 5.74) is 2.95. The number of rotatable bonds is 5. The van der Waals surface area contributed by atoms with Crippen molar-refractivity contribution in [2.24, 2.45) is 0 Å². The molecule has 1 aromatic carbocycles. The van der Waals surface area contributed by atoms with Crippen molar-refractivity contribution in [3.05, 3.63) is 69.8 Å². The summed E-state index contributed by atoms with van der Waals surface area (Å²) in [6, 6.07) is 11.8. The lowest BCUT2D eigenvalue weighted by molar-refractivity contribution is 0.0784. The van der Waals surface area contributed by atoms with E-state index in [2.05, 4.69) is 51.3 Å². The third kappa shape index (κ3) is 4.38. The van der Waals surface area contributed by atoms with Gasteiger partial charge in [-0.05, 0) is 30.3 Å². The molecule has 4 rings (SSSR count). The molecule has 152 valence electrons. The molecule has 0 bridgehead atoms. The number of aromatic amines is 1. The van der Waals surface area contributed by atoms with Crippen molar-refractivity contribution in [3.63, 3.8) is 0 Å². The molecule has 1 aliphatic heterocycles. The van der Waals surface area contributed by atoms with Gasteiger partial charge in [0.1, 0.15) is 0 Å². The lowest BCUT2D eigenvalue weighted by Crippen LogP contribution is -2.43. The SMILES string of the molecule is CN1CCN(Cc2ccc(CN(C)C(=O)c3ccc4n[nH]c(=O)n4c3)cc2)CC1. The van der Waals surface area contributed by atoms with Crippen LogP contribution in [0.1, 0.15) is 21.5 Å². The fourth-order valence-corrected chi connectivity index (χ4v) is 3.61. The third-order valence-electron chi connectivity index (χ3n) is 5.45. The molecule has 0 unspecified atom stereocenters. The van der Waals surface area contributed by atoms with Gasteiger partial charge < -0.3 is 9.80 Å². The van der Waals surface area contributed by atoms with Gasteiger partial charge in [0.05, 0.1) is 5.56 Å². The second kappa shape index (κ2) is 8.18. The van der Waals surface area contributed by atoms with Crippen molar-refractivity contribution in [1.82, 2.24) is 29.3 Å². The number of fused-ring (bicyclic) bond motifs is 1. The Morgan fingerprint density at radius 3 is 2.48 bits per heavy atom. The number of nitrogens with one attached hydrogen (secondary N) is 1. The molecule has 8 heteroatoms. The van der Waals surface area contributed by atoms with Gasteiger partial charge in [-0.3, -0.25) is 9.69 Å². The zero-order valence-electron chi connectivity index (χ0n) is 16.8. The van der Waals surface area contributed by atoms with E-state index in [1.807, 2.05) is 0 Å². The number of aromatic nitrogens is 3. The Hall–Kier alpha value is -2.97. The number of carbonyl (C=O) groups excluding carboxylic acids is 1. The van der Waals surface area contributed by atoms with E-state index >= 15 is 0 Å². The number of piperazine rings is 1. The fourth-order valence-electron chi connectivity index (χ4n) is 3.61. The minimum atomic E-state index is -0.353. The molecule has 1 aliphatic rings. The highest BCUT2D eigenvalue weighted by atomic mass is 16.2. The number of carbonyl (C=O) groups is 1. The highest BCUT2D eigenvalue weighted by molar-refractivity contribution is 5.94. The minimum Gasteiger partial charge on any atom is -0.337 e. The molecule has 3 heterocycles. The Balaban J connectivity index is 1.38. The lowest BCUT2D eigenvalue weighted by Gasteiger charge is -2.32. The Bertz CT molecular complexity index is 1050. The Morgan fingerprint density at radius 2 is 1.76 bits per heavy atom. The molecule has 29 heavy (non-hydrogen) atoms. The number of pyridine rings is 1. The van der Waals surface area contributed by atoms with E-state index in [0.29, 0.717) is 17.8 Å². The number of hydrogen-bond acceptors (Lipinski definition) is 5. The quantitative estimate of drug-likeness (QED) is 0.700. The zero-order valence-corrected chi connectivity index (χ0v) is 16.8. The van der Waals surface area contributed by atoms with Gasteiger partial charge in [-0.1, -0.05) is 24.3 Å². The number of nitrogens with zero attached hydrogens (tertiary/aromatic N) is 5. The van der Waals surface area contributed by atoms with Crippen molar-refractivity contribution in [3.8, 4) is 0 Å². The van der Waals surface area contributed by atoms with Gasteiger partial charge >= 0.3 is 5.69 Å². The summed E-state index contributed by atoms with van der Waals surface area (Å²) >= 11 is 0. The summed E-state index contributed by atoms with van der Waals surface area (Å²) in [5.74, 6) is -0.137. The molecule has 0 saturated carbocycles. The van der Waals surface area contributed by atoms with Crippen LogP contribution in [0.4, 0.5) is 0 Å². The molecule has 0 aliphatic carbocycles. The van der Waals surface area contributed by atoms with Gasteiger partial charge in [-0.2, -0.15) is 5.10 Å². The van der Waals surface area contributed by atoms with Gasteiger partial charge in [-0.15, -0.1) is 0 Å². The molecule has 0 spiro atoms. The van der Waals surface area contributed by atoms with Crippen LogP contribution in [-0.4, -0.2) is 75.5 Å². The molecule has 1 fully saturated rings. The zero-order chi connectivity index (χ0) is 20.4. The van der Waals surface area contributed by atoms with E-state index in [1.165, 1.54) is 16.2 Å². The van der Waals surface area contributed by atoms with Crippen molar-refractivity contribution in [2.45, 2.75) is 13.1 Å². The summed E-state index contributed by atoms with van der Waals surface area (Å²) in [7, 11) is 3.93. The molecule has 1 saturated heterocycles. The Kier molecular flexibility index (Phi) is 5.46. The van der Waals surface area contributed by atoms with Gasteiger partial charge in [0.15, 0.2) is 5.65 Å². The number of amides is 1. The monoisotopic (exact) mass is 394 g/mol. The molecular weight excluding hydrogens is 368 g/mol. The normalized spacial score (nSPS) is 15.7. The predicted molar refractivity (Wildman–Crippen MR) is 111 cm³/mol. The summed E-state index contributed by atoms with van der Waals surface area (Å²) in [6.07, 6.45) is 1.53. The fraction of sp³-hybridized carbons (Fsp3) is 0.381. The van der Waals surface area contributed by atoms with Crippen LogP contribution in [0.25, 0.3) is 5.65 Å². The van der Waals surface area contributed by atoms with Crippen LogP contribution in [0.3, 0.4) is 0 Å². The maximum Gasteiger partial charge on any atom is 0.347 e. The van der Waals surface area contributed by atoms with E-state index in [4.69, 9.17) is 0 Å². The van der Waals surface area contributed by atoms with Crippen LogP contribution in [0.15, 0.2) is 47.4 Å². The van der Waals surface area contributed by atoms with Gasteiger partial charge in [0.2, 0.25) is 0 Å². The van der Waals surface area contributed by atoms with Crippen molar-refractivity contribution >= 4 is 11.6 Å². The molecule has 2 aromatic heterocycles. The van der Waals surface area contributed by atoms with Crippen LogP contribution < -0.4 is 5.69 Å². The largest absolute Gasteiger partial charge is 0.347 e. The third-order valence-corrected chi connectivity index (χ3v) is 5.45. The molecular formula is C21H26N6O2. The average Bonchev–Trinajstić information content (AvgIpc) is 3.11. The molecule has 1 N–H and O–H groups in total. The summed E-state index contributed by atoms with van der Waals surface area (Å²) < 4.78 is 1.34. The lowest BCUT2D eigenvalue weighted by atomic mass is 10.1.